The van der Waals surface area contributed by atoms with E-state index in [2.05, 4.69) is 0 Å². The van der Waals surface area contributed by atoms with Crippen LogP contribution in [-0.2, 0) is 0 Å². The maximum atomic E-state index is 5.99. The number of nitrogen functional groups attached to an aromatic ring is 1. The Kier molecular flexibility index (Phi) is 5.39. The van der Waals surface area contributed by atoms with Gasteiger partial charge in [-0.25, -0.2) is 0 Å². The predicted molar refractivity (Wildman–Crippen MR) is 82.9 cm³/mol. The summed E-state index contributed by atoms with van der Waals surface area (Å²) < 4.78 is 11.1. The summed E-state index contributed by atoms with van der Waals surface area (Å²) >= 11 is 11.9. The van der Waals surface area contributed by atoms with Crippen LogP contribution in [0, 0.1) is 0 Å². The van der Waals surface area contributed by atoms with Gasteiger partial charge in [0.15, 0.2) is 0 Å². The van der Waals surface area contributed by atoms with E-state index in [4.69, 9.17) is 38.4 Å². The number of hydrogen-bond acceptors (Lipinski definition) is 3. The molecule has 0 aliphatic rings. The van der Waals surface area contributed by atoms with E-state index in [9.17, 15) is 0 Å². The van der Waals surface area contributed by atoms with Crippen molar-refractivity contribution in [1.82, 2.24) is 0 Å². The molecule has 3 nitrogen and oxygen atoms in total. The van der Waals surface area contributed by atoms with E-state index in [-0.39, 0.29) is 0 Å². The Bertz CT molecular complexity index is 576. The zero-order valence-electron chi connectivity index (χ0n) is 10.8. The van der Waals surface area contributed by atoms with Gasteiger partial charge < -0.3 is 15.2 Å². The van der Waals surface area contributed by atoms with Gasteiger partial charge in [-0.15, -0.1) is 0 Å². The molecule has 2 aromatic carbocycles. The summed E-state index contributed by atoms with van der Waals surface area (Å²) in [4.78, 5) is 0. The van der Waals surface area contributed by atoms with Crippen LogP contribution < -0.4 is 15.2 Å². The first-order valence-corrected chi connectivity index (χ1v) is 6.97. The van der Waals surface area contributed by atoms with Crippen LogP contribution in [0.1, 0.15) is 6.42 Å². The summed E-state index contributed by atoms with van der Waals surface area (Å²) in [6.45, 7) is 1.01. The Balaban J connectivity index is 1.74. The zero-order chi connectivity index (χ0) is 14.4. The SMILES string of the molecule is Nc1ccccc1OCCCOc1cc(Cl)ccc1Cl. The number of para-hydroxylation sites is 2. The molecular weight excluding hydrogens is 297 g/mol. The molecule has 0 aliphatic heterocycles. The van der Waals surface area contributed by atoms with Crippen LogP contribution in [-0.4, -0.2) is 13.2 Å². The fraction of sp³-hybridized carbons (Fsp3) is 0.200. The molecule has 0 heterocycles. The lowest BCUT2D eigenvalue weighted by molar-refractivity contribution is 0.248. The normalized spacial score (nSPS) is 10.3. The molecule has 106 valence electrons. The molecule has 5 heteroatoms. The Labute approximate surface area is 128 Å². The summed E-state index contributed by atoms with van der Waals surface area (Å²) in [6, 6.07) is 12.5. The maximum absolute atomic E-state index is 5.99. The van der Waals surface area contributed by atoms with Crippen molar-refractivity contribution in [2.75, 3.05) is 18.9 Å². The Morgan fingerprint density at radius 2 is 1.60 bits per heavy atom. The summed E-state index contributed by atoms with van der Waals surface area (Å²) in [6.07, 6.45) is 0.719. The van der Waals surface area contributed by atoms with Crippen molar-refractivity contribution >= 4 is 28.9 Å². The van der Waals surface area contributed by atoms with Gasteiger partial charge in [0.2, 0.25) is 0 Å². The van der Waals surface area contributed by atoms with Crippen molar-refractivity contribution < 1.29 is 9.47 Å². The van der Waals surface area contributed by atoms with E-state index >= 15 is 0 Å². The smallest absolute Gasteiger partial charge is 0.142 e. The summed E-state index contributed by atoms with van der Waals surface area (Å²) in [7, 11) is 0. The van der Waals surface area contributed by atoms with Gasteiger partial charge in [-0.3, -0.25) is 0 Å². The zero-order valence-corrected chi connectivity index (χ0v) is 12.3. The van der Waals surface area contributed by atoms with Crippen LogP contribution in [0.4, 0.5) is 5.69 Å². The molecule has 0 spiro atoms. The molecule has 0 aromatic heterocycles. The molecule has 0 unspecified atom stereocenters. The highest BCUT2D eigenvalue weighted by Crippen LogP contribution is 2.27. The lowest BCUT2D eigenvalue weighted by Crippen LogP contribution is -2.06. The molecular formula is C15H15Cl2NO2. The second-order valence-electron chi connectivity index (χ2n) is 4.16. The molecule has 0 bridgehead atoms. The van der Waals surface area contributed by atoms with E-state index in [0.717, 1.165) is 6.42 Å². The third kappa shape index (κ3) is 4.22. The Hall–Kier alpha value is -1.58. The molecule has 0 amide bonds. The lowest BCUT2D eigenvalue weighted by atomic mass is 10.3. The van der Waals surface area contributed by atoms with Gasteiger partial charge in [0.05, 0.1) is 23.9 Å². The van der Waals surface area contributed by atoms with Crippen LogP contribution in [0.3, 0.4) is 0 Å². The first kappa shape index (κ1) is 14.8. The molecule has 0 atom stereocenters. The van der Waals surface area contributed by atoms with Crippen molar-refractivity contribution in [3.8, 4) is 11.5 Å². The maximum Gasteiger partial charge on any atom is 0.142 e. The topological polar surface area (TPSA) is 44.5 Å². The quantitative estimate of drug-likeness (QED) is 0.634. The molecule has 0 saturated carbocycles. The molecule has 2 rings (SSSR count). The van der Waals surface area contributed by atoms with E-state index in [0.29, 0.717) is 40.4 Å². The van der Waals surface area contributed by atoms with Crippen molar-refractivity contribution in [2.24, 2.45) is 0 Å². The van der Waals surface area contributed by atoms with Gasteiger partial charge in [0, 0.05) is 17.5 Å². The van der Waals surface area contributed by atoms with Gasteiger partial charge in [-0.2, -0.15) is 0 Å². The van der Waals surface area contributed by atoms with Crippen LogP contribution in [0.2, 0.25) is 10.0 Å². The second kappa shape index (κ2) is 7.27. The fourth-order valence-corrected chi connectivity index (χ4v) is 1.96. The van der Waals surface area contributed by atoms with Gasteiger partial charge in [-0.05, 0) is 24.3 Å². The largest absolute Gasteiger partial charge is 0.492 e. The number of benzene rings is 2. The molecule has 20 heavy (non-hydrogen) atoms. The van der Waals surface area contributed by atoms with Crippen LogP contribution in [0.15, 0.2) is 42.5 Å². The number of anilines is 1. The first-order valence-electron chi connectivity index (χ1n) is 6.22. The fourth-order valence-electron chi connectivity index (χ4n) is 1.62. The molecule has 0 saturated heterocycles. The van der Waals surface area contributed by atoms with Crippen molar-refractivity contribution in [1.29, 1.82) is 0 Å². The minimum absolute atomic E-state index is 0.493. The van der Waals surface area contributed by atoms with E-state index in [1.54, 1.807) is 24.3 Å². The minimum atomic E-state index is 0.493. The number of hydrogen-bond donors (Lipinski definition) is 1. The third-order valence-electron chi connectivity index (χ3n) is 2.62. The van der Waals surface area contributed by atoms with Crippen molar-refractivity contribution in [2.45, 2.75) is 6.42 Å². The van der Waals surface area contributed by atoms with Gasteiger partial charge in [0.1, 0.15) is 11.5 Å². The molecule has 0 fully saturated rings. The molecule has 2 aromatic rings. The standard InChI is InChI=1S/C15H15Cl2NO2/c16-11-6-7-12(17)15(10-11)20-9-3-8-19-14-5-2-1-4-13(14)18/h1-2,4-7,10H,3,8-9,18H2. The first-order chi connectivity index (χ1) is 9.66. The van der Waals surface area contributed by atoms with E-state index < -0.39 is 0 Å². The highest BCUT2D eigenvalue weighted by Gasteiger charge is 2.03. The number of rotatable bonds is 6. The summed E-state index contributed by atoms with van der Waals surface area (Å²) in [5.41, 5.74) is 6.41. The highest BCUT2D eigenvalue weighted by molar-refractivity contribution is 6.34. The summed E-state index contributed by atoms with van der Waals surface area (Å²) in [5, 5.41) is 1.14. The molecule has 2 N–H and O–H groups in total. The molecule has 0 radical (unpaired) electrons. The van der Waals surface area contributed by atoms with Crippen molar-refractivity contribution in [3.63, 3.8) is 0 Å². The van der Waals surface area contributed by atoms with Gasteiger partial charge in [0.25, 0.3) is 0 Å². The van der Waals surface area contributed by atoms with Gasteiger partial charge in [-0.1, -0.05) is 35.3 Å². The van der Waals surface area contributed by atoms with Gasteiger partial charge >= 0.3 is 0 Å². The predicted octanol–water partition coefficient (Wildman–Crippen LogP) is 4.42. The number of ether oxygens (including phenoxy) is 2. The highest BCUT2D eigenvalue weighted by atomic mass is 35.5. The average Bonchev–Trinajstić information content (AvgIpc) is 2.44. The second-order valence-corrected chi connectivity index (χ2v) is 5.01. The third-order valence-corrected chi connectivity index (χ3v) is 3.16. The van der Waals surface area contributed by atoms with E-state index in [1.807, 2.05) is 18.2 Å². The Morgan fingerprint density at radius 1 is 0.900 bits per heavy atom. The summed E-state index contributed by atoms with van der Waals surface area (Å²) in [5.74, 6) is 1.27. The monoisotopic (exact) mass is 311 g/mol. The minimum Gasteiger partial charge on any atom is -0.492 e. The number of nitrogens with two attached hydrogens (primary N) is 1. The molecule has 0 aliphatic carbocycles. The van der Waals surface area contributed by atoms with E-state index in [1.165, 1.54) is 0 Å². The average molecular weight is 312 g/mol. The number of halogens is 2. The Morgan fingerprint density at radius 3 is 2.35 bits per heavy atom. The van der Waals surface area contributed by atoms with Crippen LogP contribution in [0.25, 0.3) is 0 Å². The van der Waals surface area contributed by atoms with Crippen LogP contribution in [0.5, 0.6) is 11.5 Å². The van der Waals surface area contributed by atoms with Crippen LogP contribution >= 0.6 is 23.2 Å². The van der Waals surface area contributed by atoms with Crippen molar-refractivity contribution in [3.05, 3.63) is 52.5 Å². The lowest BCUT2D eigenvalue weighted by Gasteiger charge is -2.10.